The Morgan fingerprint density at radius 3 is 1.92 bits per heavy atom. The fourth-order valence-corrected chi connectivity index (χ4v) is 8.11. The maximum Gasteiger partial charge on any atom is 0.164 e. The number of nitrogens with zero attached hydrogens (tertiary/aromatic N) is 3. The third-order valence-corrected chi connectivity index (χ3v) is 10.5. The van der Waals surface area contributed by atoms with Gasteiger partial charge in [-0.1, -0.05) is 145 Å². The highest BCUT2D eigenvalue weighted by Gasteiger charge is 2.16. The molecular formula is C45H27N3S2. The van der Waals surface area contributed by atoms with Crippen LogP contribution in [0.3, 0.4) is 0 Å². The van der Waals surface area contributed by atoms with Crippen molar-refractivity contribution in [3.8, 4) is 56.4 Å². The van der Waals surface area contributed by atoms with Crippen molar-refractivity contribution >= 4 is 63.0 Å². The number of rotatable bonds is 5. The van der Waals surface area contributed by atoms with Gasteiger partial charge in [-0.3, -0.25) is 0 Å². The van der Waals surface area contributed by atoms with E-state index >= 15 is 0 Å². The summed E-state index contributed by atoms with van der Waals surface area (Å²) in [6, 6.07) is 13.2. The Labute approximate surface area is 317 Å². The summed E-state index contributed by atoms with van der Waals surface area (Å²) in [6.07, 6.45) is 0. The van der Waals surface area contributed by atoms with Gasteiger partial charge in [0.1, 0.15) is 0 Å². The summed E-state index contributed by atoms with van der Waals surface area (Å²) in [5.41, 5.74) is -0.751. The van der Waals surface area contributed by atoms with Crippen LogP contribution in [0.4, 0.5) is 0 Å². The predicted molar refractivity (Wildman–Crippen MR) is 213 cm³/mol. The minimum absolute atomic E-state index is 0.0149. The average molecular weight is 689 g/mol. The Morgan fingerprint density at radius 2 is 1.08 bits per heavy atom. The lowest BCUT2D eigenvalue weighted by molar-refractivity contribution is 1.08. The van der Waals surface area contributed by atoms with Crippen LogP contribution < -0.4 is 0 Å². The number of aromatic nitrogens is 3. The normalized spacial score (nSPS) is 15.8. The summed E-state index contributed by atoms with van der Waals surface area (Å²) in [4.78, 5) is 14.4. The van der Waals surface area contributed by atoms with Gasteiger partial charge in [-0.2, -0.15) is 0 Å². The van der Waals surface area contributed by atoms with Crippen molar-refractivity contribution in [2.75, 3.05) is 0 Å². The van der Waals surface area contributed by atoms with E-state index in [4.69, 9.17) is 31.4 Å². The summed E-state index contributed by atoms with van der Waals surface area (Å²) in [6.45, 7) is 0. The van der Waals surface area contributed by atoms with Crippen LogP contribution in [0.2, 0.25) is 0 Å². The maximum atomic E-state index is 9.63. The zero-order valence-corrected chi connectivity index (χ0v) is 27.2. The van der Waals surface area contributed by atoms with Gasteiger partial charge in [0.05, 0.1) is 20.6 Å². The molecule has 7 aromatic carbocycles. The molecule has 0 saturated carbocycles. The molecule has 0 fully saturated rings. The third kappa shape index (κ3) is 4.98. The van der Waals surface area contributed by atoms with E-state index in [1.165, 1.54) is 0 Å². The van der Waals surface area contributed by atoms with Gasteiger partial charge in [-0.25, -0.2) is 15.0 Å². The number of hydrogen-bond acceptors (Lipinski definition) is 5. The van der Waals surface area contributed by atoms with Gasteiger partial charge >= 0.3 is 0 Å². The van der Waals surface area contributed by atoms with E-state index < -0.39 is 101 Å². The molecule has 0 aliphatic rings. The van der Waals surface area contributed by atoms with E-state index in [1.807, 2.05) is 66.7 Å². The molecule has 0 N–H and O–H groups in total. The van der Waals surface area contributed by atoms with Gasteiger partial charge in [0.2, 0.25) is 0 Å². The molecule has 3 aromatic heterocycles. The van der Waals surface area contributed by atoms with Crippen molar-refractivity contribution < 1.29 is 20.6 Å². The second-order valence-corrected chi connectivity index (χ2v) is 13.3. The summed E-state index contributed by atoms with van der Waals surface area (Å²) in [5, 5.41) is 1.99. The van der Waals surface area contributed by atoms with Crippen LogP contribution in [-0.4, -0.2) is 15.0 Å². The van der Waals surface area contributed by atoms with Gasteiger partial charge < -0.3 is 0 Å². The molecule has 10 aromatic rings. The lowest BCUT2D eigenvalue weighted by atomic mass is 9.99. The molecule has 3 nitrogen and oxygen atoms in total. The van der Waals surface area contributed by atoms with E-state index in [1.54, 1.807) is 11.3 Å². The van der Waals surface area contributed by atoms with Gasteiger partial charge in [0, 0.05) is 57.0 Å². The van der Waals surface area contributed by atoms with Crippen LogP contribution in [0.1, 0.15) is 20.6 Å². The van der Waals surface area contributed by atoms with Crippen molar-refractivity contribution in [2.24, 2.45) is 0 Å². The zero-order chi connectivity index (χ0) is 46.1. The summed E-state index contributed by atoms with van der Waals surface area (Å²) >= 11 is 2.43. The molecule has 0 saturated heterocycles. The molecule has 10 rings (SSSR count). The van der Waals surface area contributed by atoms with Crippen LogP contribution in [0.5, 0.6) is 0 Å². The van der Waals surface area contributed by atoms with Crippen LogP contribution in [0.15, 0.2) is 163 Å². The molecule has 0 atom stereocenters. The van der Waals surface area contributed by atoms with Crippen molar-refractivity contribution in [1.29, 1.82) is 0 Å². The summed E-state index contributed by atoms with van der Waals surface area (Å²) in [7, 11) is 0. The Bertz CT molecular complexity index is 3680. The highest BCUT2D eigenvalue weighted by atomic mass is 32.1. The van der Waals surface area contributed by atoms with Gasteiger partial charge in [0.15, 0.2) is 17.5 Å². The first-order valence-corrected chi connectivity index (χ1v) is 17.0. The molecule has 3 heterocycles. The number of benzene rings is 7. The molecule has 0 spiro atoms. The molecule has 0 aliphatic carbocycles. The van der Waals surface area contributed by atoms with E-state index in [-0.39, 0.29) is 54.8 Å². The number of fused-ring (bicyclic) bond motifs is 6. The minimum atomic E-state index is -0.779. The maximum absolute atomic E-state index is 9.63. The van der Waals surface area contributed by atoms with E-state index in [9.17, 15) is 4.11 Å². The number of thiophene rings is 2. The third-order valence-electron chi connectivity index (χ3n) is 8.21. The first-order chi connectivity index (χ1) is 31.0. The Hall–Kier alpha value is -6.01. The molecule has 0 amide bonds. The summed E-state index contributed by atoms with van der Waals surface area (Å²) < 4.78 is 135. The largest absolute Gasteiger partial charge is 0.208 e. The Balaban J connectivity index is 1.23. The van der Waals surface area contributed by atoms with E-state index in [2.05, 4.69) is 6.07 Å². The molecule has 5 heteroatoms. The second kappa shape index (κ2) is 11.8. The minimum Gasteiger partial charge on any atom is -0.208 e. The molecule has 0 radical (unpaired) electrons. The Kier molecular flexibility index (Phi) is 4.17. The molecule has 0 unspecified atom stereocenters. The molecular weight excluding hydrogens is 647 g/mol. The van der Waals surface area contributed by atoms with Gasteiger partial charge in [-0.15, -0.1) is 22.7 Å². The SMILES string of the molecule is [2H]c1c([2H])c([2H])c(-c2c([2H])c([2H])c(-c3c([2H])c([2H])c([2H])c4c3sc3c([2H])c(-c5nc(-c6ccccc6)nc(-c6ccc7c(c6)sc6ccccc67)n5)c([2H])c([2H])c34)c([2H])c2[2H])c([2H])c1[2H]. The van der Waals surface area contributed by atoms with Crippen LogP contribution in [-0.2, 0) is 0 Å². The van der Waals surface area contributed by atoms with Crippen molar-refractivity contribution in [2.45, 2.75) is 0 Å². The monoisotopic (exact) mass is 688 g/mol. The van der Waals surface area contributed by atoms with Crippen LogP contribution in [0.25, 0.3) is 96.8 Å². The highest BCUT2D eigenvalue weighted by Crippen LogP contribution is 2.42. The topological polar surface area (TPSA) is 38.7 Å². The molecule has 0 bridgehead atoms. The molecule has 234 valence electrons. The van der Waals surface area contributed by atoms with Crippen LogP contribution in [0, 0.1) is 0 Å². The average Bonchev–Trinajstić information content (AvgIpc) is 3.90. The van der Waals surface area contributed by atoms with Gasteiger partial charge in [-0.05, 0) is 40.4 Å². The Morgan fingerprint density at radius 1 is 0.400 bits per heavy atom. The van der Waals surface area contributed by atoms with Crippen LogP contribution >= 0.6 is 22.7 Å². The number of hydrogen-bond donors (Lipinski definition) is 0. The standard InChI is InChI=1S/C45H27N3S2/c1-3-10-28(11-4-1)29-18-20-30(21-19-29)34-15-9-16-38-37-25-23-33(27-41(37)50-42(34)38)45-47-43(31-12-5-2-6-13-31)46-44(48-45)32-22-24-36-35-14-7-8-17-39(35)49-40(36)26-32/h1-27H/i1D,3D,4D,9D,10D,11D,15D,16D,18D,19D,20D,21D,23D,25D,27D. The predicted octanol–water partition coefficient (Wildman–Crippen LogP) is 12.9. The highest BCUT2D eigenvalue weighted by molar-refractivity contribution is 7.26. The first-order valence-electron chi connectivity index (χ1n) is 22.9. The second-order valence-electron chi connectivity index (χ2n) is 11.2. The lowest BCUT2D eigenvalue weighted by Gasteiger charge is -2.09. The van der Waals surface area contributed by atoms with Crippen molar-refractivity contribution in [3.63, 3.8) is 0 Å². The molecule has 0 aliphatic heterocycles. The van der Waals surface area contributed by atoms with Crippen molar-refractivity contribution in [3.05, 3.63) is 163 Å². The lowest BCUT2D eigenvalue weighted by Crippen LogP contribution is -2.00. The molecule has 50 heavy (non-hydrogen) atoms. The van der Waals surface area contributed by atoms with E-state index in [0.717, 1.165) is 31.5 Å². The van der Waals surface area contributed by atoms with E-state index in [0.29, 0.717) is 11.1 Å². The zero-order valence-electron chi connectivity index (χ0n) is 40.6. The first kappa shape index (κ1) is 17.6. The quantitative estimate of drug-likeness (QED) is 0.181. The fourth-order valence-electron chi connectivity index (χ4n) is 5.84. The van der Waals surface area contributed by atoms with Crippen molar-refractivity contribution in [1.82, 2.24) is 15.0 Å². The smallest absolute Gasteiger partial charge is 0.164 e. The van der Waals surface area contributed by atoms with Gasteiger partial charge in [0.25, 0.3) is 0 Å². The fraction of sp³-hybridized carbons (Fsp3) is 0. The summed E-state index contributed by atoms with van der Waals surface area (Å²) in [5.74, 6) is 0.413.